The Kier molecular flexibility index (Phi) is 4.62. The lowest BCUT2D eigenvalue weighted by molar-refractivity contribution is 0.626. The van der Waals surface area contributed by atoms with Crippen LogP contribution in [-0.2, 0) is 0 Å². The Bertz CT molecular complexity index is 540. The van der Waals surface area contributed by atoms with E-state index in [1.165, 1.54) is 0 Å². The van der Waals surface area contributed by atoms with E-state index in [9.17, 15) is 0 Å². The van der Waals surface area contributed by atoms with Crippen molar-refractivity contribution in [2.24, 2.45) is 0 Å². The highest BCUT2D eigenvalue weighted by atomic mass is 35.5. The molecule has 0 saturated heterocycles. The van der Waals surface area contributed by atoms with Gasteiger partial charge in [0.25, 0.3) is 0 Å². The van der Waals surface area contributed by atoms with Crippen LogP contribution in [0.1, 0.15) is 29.2 Å². The summed E-state index contributed by atoms with van der Waals surface area (Å²) in [4.78, 5) is 4.53. The monoisotopic (exact) mass is 300 g/mol. The van der Waals surface area contributed by atoms with E-state index in [-0.39, 0.29) is 6.04 Å². The molecule has 1 aromatic heterocycles. The van der Waals surface area contributed by atoms with Crippen molar-refractivity contribution in [3.63, 3.8) is 0 Å². The van der Waals surface area contributed by atoms with Gasteiger partial charge in [0, 0.05) is 11.1 Å². The van der Waals surface area contributed by atoms with Gasteiger partial charge in [0.15, 0.2) is 0 Å². The van der Waals surface area contributed by atoms with Gasteiger partial charge in [-0.05, 0) is 25.1 Å². The topological polar surface area (TPSA) is 24.9 Å². The lowest BCUT2D eigenvalue weighted by Crippen LogP contribution is -2.22. The summed E-state index contributed by atoms with van der Waals surface area (Å²) in [6.45, 7) is 4.89. The fraction of sp³-hybridized carbons (Fsp3) is 0.308. The van der Waals surface area contributed by atoms with Crippen molar-refractivity contribution >= 4 is 34.5 Å². The molecule has 1 heterocycles. The predicted molar refractivity (Wildman–Crippen MR) is 78.8 cm³/mol. The quantitative estimate of drug-likeness (QED) is 0.902. The highest BCUT2D eigenvalue weighted by Crippen LogP contribution is 2.34. The molecular weight excluding hydrogens is 287 g/mol. The van der Waals surface area contributed by atoms with E-state index in [0.29, 0.717) is 10.0 Å². The van der Waals surface area contributed by atoms with E-state index in [1.54, 1.807) is 17.4 Å². The second-order valence-electron chi connectivity index (χ2n) is 3.96. The molecule has 18 heavy (non-hydrogen) atoms. The van der Waals surface area contributed by atoms with Gasteiger partial charge < -0.3 is 5.32 Å². The minimum Gasteiger partial charge on any atom is -0.304 e. The summed E-state index contributed by atoms with van der Waals surface area (Å²) < 4.78 is 0. The Balaban J connectivity index is 2.44. The SMILES string of the molecule is CCNC(c1nc(C)cs1)c1cccc(Cl)c1Cl. The molecule has 2 aromatic rings. The van der Waals surface area contributed by atoms with Gasteiger partial charge in [0.1, 0.15) is 5.01 Å². The fourth-order valence-corrected chi connectivity index (χ4v) is 3.09. The first kappa shape index (κ1) is 13.8. The smallest absolute Gasteiger partial charge is 0.114 e. The molecule has 1 unspecified atom stereocenters. The zero-order chi connectivity index (χ0) is 13.1. The van der Waals surface area contributed by atoms with Crippen LogP contribution >= 0.6 is 34.5 Å². The number of benzene rings is 1. The standard InChI is InChI=1S/C13H14Cl2N2S/c1-3-16-12(13-17-8(2)7-18-13)9-5-4-6-10(14)11(9)15/h4-7,12,16H,3H2,1-2H3. The van der Waals surface area contributed by atoms with Crippen LogP contribution in [0.5, 0.6) is 0 Å². The second-order valence-corrected chi connectivity index (χ2v) is 5.64. The highest BCUT2D eigenvalue weighted by molar-refractivity contribution is 7.09. The first-order valence-corrected chi connectivity index (χ1v) is 7.36. The Morgan fingerprint density at radius 3 is 2.78 bits per heavy atom. The normalized spacial score (nSPS) is 12.7. The first-order valence-electron chi connectivity index (χ1n) is 5.72. The molecule has 0 aliphatic carbocycles. The molecule has 0 fully saturated rings. The van der Waals surface area contributed by atoms with E-state index in [4.69, 9.17) is 23.2 Å². The number of halogens is 2. The van der Waals surface area contributed by atoms with Crippen LogP contribution in [0.25, 0.3) is 0 Å². The van der Waals surface area contributed by atoms with Crippen molar-refractivity contribution in [3.05, 3.63) is 49.9 Å². The van der Waals surface area contributed by atoms with Crippen LogP contribution in [0.3, 0.4) is 0 Å². The van der Waals surface area contributed by atoms with Crippen molar-refractivity contribution in [2.75, 3.05) is 6.54 Å². The molecule has 0 amide bonds. The van der Waals surface area contributed by atoms with E-state index >= 15 is 0 Å². The molecule has 2 nitrogen and oxygen atoms in total. The maximum Gasteiger partial charge on any atom is 0.114 e. The summed E-state index contributed by atoms with van der Waals surface area (Å²) in [5.41, 5.74) is 2.00. The molecule has 1 aromatic carbocycles. The number of aryl methyl sites for hydroxylation is 1. The van der Waals surface area contributed by atoms with Crippen LogP contribution in [0.2, 0.25) is 10.0 Å². The number of rotatable bonds is 4. The number of nitrogens with zero attached hydrogens (tertiary/aromatic N) is 1. The lowest BCUT2D eigenvalue weighted by Gasteiger charge is -2.17. The third kappa shape index (κ3) is 2.86. The molecule has 0 spiro atoms. The van der Waals surface area contributed by atoms with E-state index in [1.807, 2.05) is 24.4 Å². The van der Waals surface area contributed by atoms with Gasteiger partial charge >= 0.3 is 0 Å². The van der Waals surface area contributed by atoms with Crippen molar-refractivity contribution in [1.82, 2.24) is 10.3 Å². The minimum atomic E-state index is -0.0000926. The van der Waals surface area contributed by atoms with Crippen molar-refractivity contribution in [1.29, 1.82) is 0 Å². The van der Waals surface area contributed by atoms with Crippen LogP contribution in [-0.4, -0.2) is 11.5 Å². The Morgan fingerprint density at radius 1 is 1.39 bits per heavy atom. The third-order valence-corrected chi connectivity index (χ3v) is 4.45. The number of hydrogen-bond donors (Lipinski definition) is 1. The zero-order valence-electron chi connectivity index (χ0n) is 10.2. The van der Waals surface area contributed by atoms with Crippen molar-refractivity contribution in [2.45, 2.75) is 19.9 Å². The van der Waals surface area contributed by atoms with Gasteiger partial charge in [-0.25, -0.2) is 4.98 Å². The van der Waals surface area contributed by atoms with Crippen LogP contribution in [0.4, 0.5) is 0 Å². The van der Waals surface area contributed by atoms with Crippen molar-refractivity contribution in [3.8, 4) is 0 Å². The number of hydrogen-bond acceptors (Lipinski definition) is 3. The fourth-order valence-electron chi connectivity index (χ4n) is 1.78. The Labute approximate surface area is 121 Å². The molecular formula is C13H14Cl2N2S. The van der Waals surface area contributed by atoms with Gasteiger partial charge in [0.05, 0.1) is 16.1 Å². The van der Waals surface area contributed by atoms with Gasteiger partial charge in [-0.3, -0.25) is 0 Å². The number of thiazole rings is 1. The summed E-state index contributed by atoms with van der Waals surface area (Å²) in [6, 6.07) is 5.69. The molecule has 0 aliphatic rings. The molecule has 2 rings (SSSR count). The molecule has 1 atom stereocenters. The van der Waals surface area contributed by atoms with Crippen LogP contribution in [0, 0.1) is 6.92 Å². The zero-order valence-corrected chi connectivity index (χ0v) is 12.5. The number of aromatic nitrogens is 1. The maximum absolute atomic E-state index is 6.29. The van der Waals surface area contributed by atoms with Gasteiger partial charge in [-0.15, -0.1) is 11.3 Å². The molecule has 0 bridgehead atoms. The molecule has 0 radical (unpaired) electrons. The van der Waals surface area contributed by atoms with E-state index in [0.717, 1.165) is 22.8 Å². The largest absolute Gasteiger partial charge is 0.304 e. The molecule has 0 saturated carbocycles. The summed E-state index contributed by atoms with van der Waals surface area (Å²) in [7, 11) is 0. The molecule has 1 N–H and O–H groups in total. The summed E-state index contributed by atoms with van der Waals surface area (Å²) in [6.07, 6.45) is 0. The van der Waals surface area contributed by atoms with Crippen LogP contribution < -0.4 is 5.32 Å². The van der Waals surface area contributed by atoms with E-state index < -0.39 is 0 Å². The highest BCUT2D eigenvalue weighted by Gasteiger charge is 2.20. The third-order valence-electron chi connectivity index (χ3n) is 2.58. The summed E-state index contributed by atoms with van der Waals surface area (Å²) in [5, 5.41) is 7.62. The van der Waals surface area contributed by atoms with E-state index in [2.05, 4.69) is 17.2 Å². The van der Waals surface area contributed by atoms with Gasteiger partial charge in [0.2, 0.25) is 0 Å². The second kappa shape index (κ2) is 6.02. The first-order chi connectivity index (χ1) is 8.63. The van der Waals surface area contributed by atoms with Gasteiger partial charge in [-0.1, -0.05) is 42.3 Å². The Morgan fingerprint density at radius 2 is 2.17 bits per heavy atom. The lowest BCUT2D eigenvalue weighted by atomic mass is 10.1. The average Bonchev–Trinajstić information content (AvgIpc) is 2.77. The minimum absolute atomic E-state index is 0.0000926. The molecule has 5 heteroatoms. The molecule has 0 aliphatic heterocycles. The molecule has 96 valence electrons. The van der Waals surface area contributed by atoms with Crippen molar-refractivity contribution < 1.29 is 0 Å². The average molecular weight is 301 g/mol. The van der Waals surface area contributed by atoms with Gasteiger partial charge in [-0.2, -0.15) is 0 Å². The Hall–Kier alpha value is -0.610. The van der Waals surface area contributed by atoms with Crippen LogP contribution in [0.15, 0.2) is 23.6 Å². The maximum atomic E-state index is 6.29. The predicted octanol–water partition coefficient (Wildman–Crippen LogP) is 4.46. The summed E-state index contributed by atoms with van der Waals surface area (Å²) >= 11 is 14.0. The number of nitrogens with one attached hydrogen (secondary N) is 1. The summed E-state index contributed by atoms with van der Waals surface area (Å²) in [5.74, 6) is 0.